The van der Waals surface area contributed by atoms with Gasteiger partial charge in [-0.2, -0.15) is 0 Å². The largest absolute Gasteiger partial charge is 0.397 e. The van der Waals surface area contributed by atoms with Crippen LogP contribution in [0.3, 0.4) is 0 Å². The van der Waals surface area contributed by atoms with Gasteiger partial charge in [-0.25, -0.2) is 17.2 Å². The highest BCUT2D eigenvalue weighted by Gasteiger charge is 2.20. The Hall–Kier alpha value is -1.38. The quantitative estimate of drug-likeness (QED) is 0.775. The van der Waals surface area contributed by atoms with Crippen LogP contribution in [0, 0.1) is 11.6 Å². The molecule has 0 saturated carbocycles. The Labute approximate surface area is 133 Å². The van der Waals surface area contributed by atoms with E-state index in [1.54, 1.807) is 0 Å². The molecule has 2 aromatic carbocycles. The van der Waals surface area contributed by atoms with E-state index in [0.29, 0.717) is 0 Å². The van der Waals surface area contributed by atoms with Gasteiger partial charge < -0.3 is 5.73 Å². The van der Waals surface area contributed by atoms with E-state index in [1.165, 1.54) is 12.1 Å². The summed E-state index contributed by atoms with van der Waals surface area (Å²) in [5.74, 6) is -2.10. The monoisotopic (exact) mass is 396 g/mol. The second-order valence-electron chi connectivity index (χ2n) is 4.03. The summed E-state index contributed by atoms with van der Waals surface area (Å²) in [6.45, 7) is 0. The molecule has 0 saturated heterocycles. The van der Waals surface area contributed by atoms with Crippen LogP contribution in [0.5, 0.6) is 0 Å². The minimum Gasteiger partial charge on any atom is -0.397 e. The number of anilines is 2. The number of hydrogen-bond donors (Lipinski definition) is 2. The molecule has 0 aliphatic heterocycles. The number of halogens is 4. The third-order valence-electron chi connectivity index (χ3n) is 2.52. The first-order valence-electron chi connectivity index (χ1n) is 5.43. The average Bonchev–Trinajstić information content (AvgIpc) is 2.37. The standard InChI is InChI=1S/C12H8BrClF2N2O2S/c13-6-3-9(15)12(10(16)4-6)18-21(19,20)7-1-2-8(14)11(17)5-7/h1-5,18H,17H2. The van der Waals surface area contributed by atoms with Gasteiger partial charge in [-0.05, 0) is 30.3 Å². The molecule has 0 heterocycles. The Kier molecular flexibility index (Phi) is 4.40. The van der Waals surface area contributed by atoms with Crippen LogP contribution in [0.4, 0.5) is 20.2 Å². The lowest BCUT2D eigenvalue weighted by Gasteiger charge is -2.11. The second-order valence-corrected chi connectivity index (χ2v) is 7.04. The number of benzene rings is 2. The van der Waals surface area contributed by atoms with Crippen LogP contribution in [0.25, 0.3) is 0 Å². The molecule has 0 bridgehead atoms. The van der Waals surface area contributed by atoms with Crippen molar-refractivity contribution < 1.29 is 17.2 Å². The van der Waals surface area contributed by atoms with Gasteiger partial charge in [0.1, 0.15) is 5.69 Å². The normalized spacial score (nSPS) is 11.4. The van der Waals surface area contributed by atoms with Gasteiger partial charge in [-0.15, -0.1) is 0 Å². The van der Waals surface area contributed by atoms with Gasteiger partial charge in [0, 0.05) is 4.47 Å². The van der Waals surface area contributed by atoms with E-state index >= 15 is 0 Å². The molecule has 0 radical (unpaired) electrons. The van der Waals surface area contributed by atoms with Crippen molar-refractivity contribution in [3.05, 3.63) is 51.5 Å². The summed E-state index contributed by atoms with van der Waals surface area (Å²) in [6.07, 6.45) is 0. The lowest BCUT2D eigenvalue weighted by Crippen LogP contribution is -2.15. The Bertz CT molecular complexity index is 792. The maximum absolute atomic E-state index is 13.7. The van der Waals surface area contributed by atoms with E-state index < -0.39 is 27.3 Å². The Morgan fingerprint density at radius 2 is 1.71 bits per heavy atom. The van der Waals surface area contributed by atoms with Crippen LogP contribution in [-0.4, -0.2) is 8.42 Å². The summed E-state index contributed by atoms with van der Waals surface area (Å²) in [6, 6.07) is 5.43. The molecule has 3 N–H and O–H groups in total. The molecule has 0 amide bonds. The van der Waals surface area contributed by atoms with Gasteiger partial charge in [-0.1, -0.05) is 27.5 Å². The smallest absolute Gasteiger partial charge is 0.262 e. The molecule has 2 aromatic rings. The van der Waals surface area contributed by atoms with Crippen molar-refractivity contribution in [1.82, 2.24) is 0 Å². The molecule has 112 valence electrons. The summed E-state index contributed by atoms with van der Waals surface area (Å²) in [5, 5.41) is 0.176. The minimum atomic E-state index is -4.19. The van der Waals surface area contributed by atoms with Crippen molar-refractivity contribution in [2.45, 2.75) is 4.90 Å². The van der Waals surface area contributed by atoms with Crippen LogP contribution >= 0.6 is 27.5 Å². The number of nitrogens with two attached hydrogens (primary N) is 1. The summed E-state index contributed by atoms with van der Waals surface area (Å²) in [5.41, 5.74) is 4.78. The van der Waals surface area contributed by atoms with Crippen LogP contribution in [0.1, 0.15) is 0 Å². The third kappa shape index (κ3) is 3.45. The maximum Gasteiger partial charge on any atom is 0.262 e. The Morgan fingerprint density at radius 1 is 1.14 bits per heavy atom. The van der Waals surface area contributed by atoms with Gasteiger partial charge >= 0.3 is 0 Å². The summed E-state index contributed by atoms with van der Waals surface area (Å²) >= 11 is 8.59. The zero-order chi connectivity index (χ0) is 15.8. The number of rotatable bonds is 3. The first-order chi connectivity index (χ1) is 9.70. The summed E-state index contributed by atoms with van der Waals surface area (Å²) < 4.78 is 53.5. The van der Waals surface area contributed by atoms with Crippen molar-refractivity contribution in [2.24, 2.45) is 0 Å². The highest BCUT2D eigenvalue weighted by Crippen LogP contribution is 2.28. The van der Waals surface area contributed by atoms with E-state index in [4.69, 9.17) is 17.3 Å². The van der Waals surface area contributed by atoms with E-state index in [9.17, 15) is 17.2 Å². The molecule has 2 rings (SSSR count). The van der Waals surface area contributed by atoms with Crippen molar-refractivity contribution in [3.63, 3.8) is 0 Å². The van der Waals surface area contributed by atoms with Crippen molar-refractivity contribution in [3.8, 4) is 0 Å². The third-order valence-corrected chi connectivity index (χ3v) is 4.67. The van der Waals surface area contributed by atoms with Gasteiger partial charge in [-0.3, -0.25) is 4.72 Å². The fraction of sp³-hybridized carbons (Fsp3) is 0. The SMILES string of the molecule is Nc1cc(S(=O)(=O)Nc2c(F)cc(Br)cc2F)ccc1Cl. The van der Waals surface area contributed by atoms with E-state index in [-0.39, 0.29) is 20.1 Å². The van der Waals surface area contributed by atoms with Gasteiger partial charge in [0.15, 0.2) is 11.6 Å². The van der Waals surface area contributed by atoms with Crippen LogP contribution in [0.15, 0.2) is 39.7 Å². The zero-order valence-electron chi connectivity index (χ0n) is 10.2. The van der Waals surface area contributed by atoms with Crippen molar-refractivity contribution >= 4 is 48.9 Å². The lowest BCUT2D eigenvalue weighted by atomic mass is 10.3. The first kappa shape index (κ1) is 16.0. The fourth-order valence-electron chi connectivity index (χ4n) is 1.52. The van der Waals surface area contributed by atoms with Gasteiger partial charge in [0.2, 0.25) is 0 Å². The molecular formula is C12H8BrClF2N2O2S. The highest BCUT2D eigenvalue weighted by molar-refractivity contribution is 9.10. The average molecular weight is 398 g/mol. The number of hydrogen-bond acceptors (Lipinski definition) is 3. The Balaban J connectivity index is 2.44. The number of nitrogens with one attached hydrogen (secondary N) is 1. The topological polar surface area (TPSA) is 72.2 Å². The van der Waals surface area contributed by atoms with Gasteiger partial charge in [0.05, 0.1) is 15.6 Å². The minimum absolute atomic E-state index is 0.0382. The molecule has 21 heavy (non-hydrogen) atoms. The molecule has 0 atom stereocenters. The molecule has 0 aliphatic carbocycles. The van der Waals surface area contributed by atoms with E-state index in [1.807, 2.05) is 4.72 Å². The van der Waals surface area contributed by atoms with Crippen LogP contribution in [-0.2, 0) is 10.0 Å². The highest BCUT2D eigenvalue weighted by atomic mass is 79.9. The van der Waals surface area contributed by atoms with Crippen LogP contribution in [0.2, 0.25) is 5.02 Å². The van der Waals surface area contributed by atoms with Gasteiger partial charge in [0.25, 0.3) is 10.0 Å². The zero-order valence-corrected chi connectivity index (χ0v) is 13.4. The summed E-state index contributed by atoms with van der Waals surface area (Å²) in [4.78, 5) is -0.258. The predicted molar refractivity (Wildman–Crippen MR) is 80.7 cm³/mol. The van der Waals surface area contributed by atoms with Crippen molar-refractivity contribution in [1.29, 1.82) is 0 Å². The molecule has 4 nitrogen and oxygen atoms in total. The molecule has 0 unspecified atom stereocenters. The maximum atomic E-state index is 13.7. The van der Waals surface area contributed by atoms with E-state index in [2.05, 4.69) is 15.9 Å². The number of nitrogen functional groups attached to an aromatic ring is 1. The fourth-order valence-corrected chi connectivity index (χ4v) is 3.15. The first-order valence-corrected chi connectivity index (χ1v) is 8.08. The van der Waals surface area contributed by atoms with Crippen LogP contribution < -0.4 is 10.5 Å². The predicted octanol–water partition coefficient (Wildman–Crippen LogP) is 3.76. The summed E-state index contributed by atoms with van der Waals surface area (Å²) in [7, 11) is -4.19. The number of sulfonamides is 1. The van der Waals surface area contributed by atoms with Crippen molar-refractivity contribution in [2.75, 3.05) is 10.5 Å². The van der Waals surface area contributed by atoms with E-state index in [0.717, 1.165) is 18.2 Å². The molecule has 0 aromatic heterocycles. The lowest BCUT2D eigenvalue weighted by molar-refractivity contribution is 0.582. The second kappa shape index (κ2) is 5.78. The molecule has 0 fully saturated rings. The Morgan fingerprint density at radius 3 is 2.24 bits per heavy atom. The molecular weight excluding hydrogens is 390 g/mol. The molecule has 0 spiro atoms. The molecule has 0 aliphatic rings. The molecule has 9 heteroatoms.